The number of hydrogen-bond donors (Lipinski definition) is 2. The number of hydrogen-bond acceptors (Lipinski definition) is 5. The molecule has 1 unspecified atom stereocenters. The minimum Gasteiger partial charge on any atom is -0.478 e. The molecule has 0 fully saturated rings. The minimum absolute atomic E-state index is 0.0176. The Kier molecular flexibility index (Phi) is 6.24. The number of fused-ring (bicyclic) bond motifs is 1. The lowest BCUT2D eigenvalue weighted by molar-refractivity contribution is -0.115. The highest BCUT2D eigenvalue weighted by atomic mass is 35.5. The number of nitrogens with one attached hydrogen (secondary N) is 1. The van der Waals surface area contributed by atoms with Gasteiger partial charge in [-0.1, -0.05) is 42.4 Å². The largest absolute Gasteiger partial charge is 0.478 e. The van der Waals surface area contributed by atoms with Gasteiger partial charge in [-0.3, -0.25) is 14.2 Å². The van der Waals surface area contributed by atoms with E-state index >= 15 is 0 Å². The van der Waals surface area contributed by atoms with Crippen molar-refractivity contribution in [3.05, 3.63) is 63.4 Å². The van der Waals surface area contributed by atoms with E-state index in [0.29, 0.717) is 22.5 Å². The summed E-state index contributed by atoms with van der Waals surface area (Å²) in [6.07, 6.45) is 0.468. The molecule has 1 atom stereocenters. The molecular weight excluding hydrogens is 414 g/mol. The maximum atomic E-state index is 12.8. The van der Waals surface area contributed by atoms with Crippen molar-refractivity contribution in [1.29, 1.82) is 0 Å². The van der Waals surface area contributed by atoms with Crippen molar-refractivity contribution in [2.75, 3.05) is 5.32 Å². The number of carboxylic acid groups (broad SMARTS) is 1. The molecule has 2 aromatic carbocycles. The molecule has 9 heteroatoms. The summed E-state index contributed by atoms with van der Waals surface area (Å²) < 4.78 is 1.42. The fraction of sp³-hybridized carbons (Fsp3) is 0.200. The van der Waals surface area contributed by atoms with E-state index in [4.69, 9.17) is 16.7 Å². The molecule has 0 aliphatic rings. The zero-order valence-corrected chi connectivity index (χ0v) is 17.3. The number of benzene rings is 2. The fourth-order valence-corrected chi connectivity index (χ4v) is 3.86. The van der Waals surface area contributed by atoms with Gasteiger partial charge in [0.2, 0.25) is 5.91 Å². The van der Waals surface area contributed by atoms with E-state index in [9.17, 15) is 14.4 Å². The monoisotopic (exact) mass is 431 g/mol. The Labute approximate surface area is 175 Å². The predicted molar refractivity (Wildman–Crippen MR) is 114 cm³/mol. The Hall–Kier alpha value is -2.84. The zero-order valence-electron chi connectivity index (χ0n) is 15.7. The van der Waals surface area contributed by atoms with Crippen LogP contribution in [0.15, 0.2) is 52.4 Å². The maximum Gasteiger partial charge on any atom is 0.335 e. The molecule has 2 N–H and O–H groups in total. The molecule has 0 aliphatic heterocycles. The number of nitrogens with zero attached hydrogens (tertiary/aromatic N) is 2. The van der Waals surface area contributed by atoms with Gasteiger partial charge in [0.05, 0.1) is 32.4 Å². The van der Waals surface area contributed by atoms with Gasteiger partial charge in [-0.25, -0.2) is 9.78 Å². The molecule has 29 heavy (non-hydrogen) atoms. The van der Waals surface area contributed by atoms with Crippen LogP contribution >= 0.6 is 23.4 Å². The van der Waals surface area contributed by atoms with Gasteiger partial charge >= 0.3 is 5.97 Å². The zero-order chi connectivity index (χ0) is 21.1. The molecule has 0 aliphatic carbocycles. The third-order valence-electron chi connectivity index (χ3n) is 4.32. The van der Waals surface area contributed by atoms with E-state index in [1.165, 1.54) is 34.5 Å². The molecular formula is C20H18ClN3O4S. The number of carbonyl (C=O) groups is 2. The van der Waals surface area contributed by atoms with Crippen molar-refractivity contribution in [2.45, 2.75) is 23.8 Å². The third-order valence-corrected chi connectivity index (χ3v) is 6.06. The van der Waals surface area contributed by atoms with Gasteiger partial charge in [-0.2, -0.15) is 0 Å². The van der Waals surface area contributed by atoms with Crippen LogP contribution < -0.4 is 10.9 Å². The number of rotatable bonds is 6. The summed E-state index contributed by atoms with van der Waals surface area (Å²) in [6.45, 7) is 1.84. The van der Waals surface area contributed by atoms with Gasteiger partial charge in [0, 0.05) is 7.05 Å². The van der Waals surface area contributed by atoms with Crippen LogP contribution in [0, 0.1) is 0 Å². The average molecular weight is 432 g/mol. The first kappa shape index (κ1) is 20.9. The summed E-state index contributed by atoms with van der Waals surface area (Å²) in [5, 5.41) is 12.4. The molecule has 1 heterocycles. The maximum absolute atomic E-state index is 12.8. The van der Waals surface area contributed by atoms with Gasteiger partial charge in [-0.05, 0) is 36.8 Å². The van der Waals surface area contributed by atoms with Gasteiger partial charge < -0.3 is 10.4 Å². The number of aromatic nitrogens is 2. The lowest BCUT2D eigenvalue weighted by Gasteiger charge is -2.17. The van der Waals surface area contributed by atoms with Crippen LogP contribution in [0.5, 0.6) is 0 Å². The van der Waals surface area contributed by atoms with Crippen LogP contribution in [-0.2, 0) is 11.8 Å². The van der Waals surface area contributed by atoms with Gasteiger partial charge in [0.15, 0.2) is 5.16 Å². The lowest BCUT2D eigenvalue weighted by atomic mass is 10.2. The smallest absolute Gasteiger partial charge is 0.335 e. The number of carboxylic acids is 1. The van der Waals surface area contributed by atoms with Crippen LogP contribution in [0.2, 0.25) is 5.02 Å². The molecule has 0 bridgehead atoms. The van der Waals surface area contributed by atoms with Crippen molar-refractivity contribution >= 4 is 51.8 Å². The highest BCUT2D eigenvalue weighted by molar-refractivity contribution is 8.00. The molecule has 7 nitrogen and oxygen atoms in total. The summed E-state index contributed by atoms with van der Waals surface area (Å²) in [4.78, 5) is 41.0. The SMILES string of the molecule is CCC(Sc1nc2ccccc2c(=O)n1C)C(=O)Nc1cc(C(=O)O)ccc1Cl. The molecule has 0 saturated carbocycles. The highest BCUT2D eigenvalue weighted by Gasteiger charge is 2.22. The molecule has 1 aromatic heterocycles. The number of thioether (sulfide) groups is 1. The van der Waals surface area contributed by atoms with Crippen molar-refractivity contribution in [1.82, 2.24) is 9.55 Å². The molecule has 3 aromatic rings. The first-order valence-electron chi connectivity index (χ1n) is 8.78. The van der Waals surface area contributed by atoms with Crippen LogP contribution in [0.1, 0.15) is 23.7 Å². The van der Waals surface area contributed by atoms with Crippen LogP contribution in [-0.4, -0.2) is 31.8 Å². The molecule has 0 saturated heterocycles. The van der Waals surface area contributed by atoms with Gasteiger partial charge in [0.1, 0.15) is 0 Å². The number of carbonyl (C=O) groups excluding carboxylic acids is 1. The predicted octanol–water partition coefficient (Wildman–Crippen LogP) is 3.79. The Morgan fingerprint density at radius 3 is 2.69 bits per heavy atom. The van der Waals surface area contributed by atoms with E-state index in [0.717, 1.165) is 0 Å². The molecule has 0 radical (unpaired) electrons. The summed E-state index contributed by atoms with van der Waals surface area (Å²) in [6, 6.07) is 11.1. The Bertz CT molecular complexity index is 1160. The number of amides is 1. The van der Waals surface area contributed by atoms with Crippen molar-refractivity contribution in [3.8, 4) is 0 Å². The Morgan fingerprint density at radius 2 is 2.00 bits per heavy atom. The number of anilines is 1. The fourth-order valence-electron chi connectivity index (χ4n) is 2.72. The standard InChI is InChI=1S/C20H18ClN3O4S/c1-3-16(17(25)22-15-10-11(19(27)28)8-9-13(15)21)29-20-23-14-7-5-4-6-12(14)18(26)24(20)2/h4-10,16H,3H2,1-2H3,(H,22,25)(H,27,28). The van der Waals surface area contributed by atoms with E-state index in [2.05, 4.69) is 10.3 Å². The van der Waals surface area contributed by atoms with Crippen molar-refractivity contribution < 1.29 is 14.7 Å². The molecule has 3 rings (SSSR count). The second kappa shape index (κ2) is 8.67. The highest BCUT2D eigenvalue weighted by Crippen LogP contribution is 2.28. The van der Waals surface area contributed by atoms with Crippen molar-refractivity contribution in [2.24, 2.45) is 7.05 Å². The second-order valence-electron chi connectivity index (χ2n) is 6.28. The topological polar surface area (TPSA) is 101 Å². The summed E-state index contributed by atoms with van der Waals surface area (Å²) >= 11 is 7.26. The first-order valence-corrected chi connectivity index (χ1v) is 10.0. The van der Waals surface area contributed by atoms with Crippen LogP contribution in [0.4, 0.5) is 5.69 Å². The second-order valence-corrected chi connectivity index (χ2v) is 7.86. The third kappa shape index (κ3) is 4.44. The Balaban J connectivity index is 1.87. The van der Waals surface area contributed by atoms with Gasteiger partial charge in [0.25, 0.3) is 5.56 Å². The summed E-state index contributed by atoms with van der Waals surface area (Å²) in [7, 11) is 1.61. The summed E-state index contributed by atoms with van der Waals surface area (Å²) in [5.74, 6) is -1.47. The molecule has 1 amide bonds. The number of para-hydroxylation sites is 1. The van der Waals surface area contributed by atoms with Crippen molar-refractivity contribution in [3.63, 3.8) is 0 Å². The molecule has 0 spiro atoms. The van der Waals surface area contributed by atoms with E-state index in [1.807, 2.05) is 6.92 Å². The van der Waals surface area contributed by atoms with E-state index < -0.39 is 11.2 Å². The lowest BCUT2D eigenvalue weighted by Crippen LogP contribution is -2.27. The van der Waals surface area contributed by atoms with Crippen LogP contribution in [0.3, 0.4) is 0 Å². The Morgan fingerprint density at radius 1 is 1.28 bits per heavy atom. The average Bonchev–Trinajstić information content (AvgIpc) is 2.71. The first-order chi connectivity index (χ1) is 13.8. The van der Waals surface area contributed by atoms with E-state index in [-0.39, 0.29) is 27.7 Å². The van der Waals surface area contributed by atoms with E-state index in [1.54, 1.807) is 31.3 Å². The number of halogens is 1. The number of aromatic carboxylic acids is 1. The normalized spacial score (nSPS) is 12.0. The van der Waals surface area contributed by atoms with Gasteiger partial charge in [-0.15, -0.1) is 0 Å². The van der Waals surface area contributed by atoms with Crippen LogP contribution in [0.25, 0.3) is 10.9 Å². The minimum atomic E-state index is -1.12. The quantitative estimate of drug-likeness (QED) is 0.454. The summed E-state index contributed by atoms with van der Waals surface area (Å²) in [5.41, 5.74) is 0.608. The molecule has 150 valence electrons.